The van der Waals surface area contributed by atoms with Gasteiger partial charge in [0, 0.05) is 12.5 Å². The van der Waals surface area contributed by atoms with E-state index in [1.54, 1.807) is 30.3 Å². The van der Waals surface area contributed by atoms with E-state index in [0.717, 1.165) is 4.90 Å². The Morgan fingerprint density at radius 2 is 1.23 bits per heavy atom. The first kappa shape index (κ1) is 28.3. The summed E-state index contributed by atoms with van der Waals surface area (Å²) in [5.74, 6) is -4.28. The lowest BCUT2D eigenvalue weighted by Gasteiger charge is -2.54. The van der Waals surface area contributed by atoms with Crippen molar-refractivity contribution < 1.29 is 24.0 Å². The molecule has 2 bridgehead atoms. The van der Waals surface area contributed by atoms with Crippen molar-refractivity contribution in [3.63, 3.8) is 0 Å². The average Bonchev–Trinajstić information content (AvgIpc) is 3.32. The Hall–Kier alpha value is -4.53. The quantitative estimate of drug-likeness (QED) is 0.0838. The molecule has 44 heavy (non-hydrogen) atoms. The predicted octanol–water partition coefficient (Wildman–Crippen LogP) is 5.84. The molecule has 4 aromatic rings. The minimum Gasteiger partial charge on any atom is -0.459 e. The molecule has 1 heterocycles. The fourth-order valence-electron chi connectivity index (χ4n) is 7.17. The van der Waals surface area contributed by atoms with Crippen molar-refractivity contribution in [1.82, 2.24) is 4.90 Å². The molecule has 0 unspecified atom stereocenters. The van der Waals surface area contributed by atoms with E-state index in [-0.39, 0.29) is 17.7 Å². The van der Waals surface area contributed by atoms with Crippen molar-refractivity contribution in [2.75, 3.05) is 0 Å². The SMILES string of the molecule is O=C(OCc1ccccc1[N+](=O)[O-])[C@H](Cc1ccccc1)N1C(=O)[C@@H]2[C@@H](C1=O)C1(Cl)c3ccccc3C2(Cl)c2ccccc21. The number of ether oxygens (including phenoxy) is 1. The molecule has 220 valence electrons. The molecule has 0 spiro atoms. The standard InChI is InChI=1S/C34H24Cl2N2O6/c35-33-22-13-5-6-14-23(22)34(36,25-16-8-7-15-24(25)33)29-28(33)30(39)37(31(29)40)27(18-20-10-2-1-3-11-20)32(41)44-19-21-12-4-9-17-26(21)38(42)43/h1-17,27-29H,18-19H2/t27-,28-,29-,33?,34?/m0/s1. The third-order valence-electron chi connectivity index (χ3n) is 9.03. The number of esters is 1. The van der Waals surface area contributed by atoms with Crippen LogP contribution in [0.1, 0.15) is 33.4 Å². The summed E-state index contributed by atoms with van der Waals surface area (Å²) in [6.45, 7) is -0.417. The summed E-state index contributed by atoms with van der Waals surface area (Å²) in [6.07, 6.45) is -0.0298. The van der Waals surface area contributed by atoms with Gasteiger partial charge in [-0.2, -0.15) is 0 Å². The first-order valence-corrected chi connectivity index (χ1v) is 14.8. The van der Waals surface area contributed by atoms with Gasteiger partial charge in [0.05, 0.1) is 22.3 Å². The predicted molar refractivity (Wildman–Crippen MR) is 162 cm³/mol. The first-order chi connectivity index (χ1) is 21.2. The number of nitro groups is 1. The zero-order valence-corrected chi connectivity index (χ0v) is 24.6. The van der Waals surface area contributed by atoms with Gasteiger partial charge in [-0.3, -0.25) is 24.6 Å². The number of para-hydroxylation sites is 1. The number of carbonyl (C=O) groups excluding carboxylic acids is 3. The van der Waals surface area contributed by atoms with Crippen molar-refractivity contribution in [2.45, 2.75) is 28.8 Å². The minimum atomic E-state index is -1.40. The van der Waals surface area contributed by atoms with Crippen LogP contribution in [-0.4, -0.2) is 33.6 Å². The number of imide groups is 1. The second kappa shape index (κ2) is 10.3. The molecule has 1 saturated heterocycles. The molecule has 1 aliphatic heterocycles. The molecule has 1 fully saturated rings. The summed E-state index contributed by atoms with van der Waals surface area (Å²) in [4.78, 5) is 52.1. The lowest BCUT2D eigenvalue weighted by Crippen LogP contribution is -2.57. The van der Waals surface area contributed by atoms with Gasteiger partial charge in [0.15, 0.2) is 0 Å². The highest BCUT2D eigenvalue weighted by molar-refractivity contribution is 6.36. The van der Waals surface area contributed by atoms with E-state index in [4.69, 9.17) is 27.9 Å². The number of halogens is 2. The van der Waals surface area contributed by atoms with Gasteiger partial charge in [0.2, 0.25) is 11.8 Å². The number of hydrogen-bond acceptors (Lipinski definition) is 6. The van der Waals surface area contributed by atoms with Crippen LogP contribution in [0.4, 0.5) is 5.69 Å². The minimum absolute atomic E-state index is 0.0298. The molecule has 3 atom stereocenters. The number of amides is 2. The Balaban J connectivity index is 1.31. The molecule has 10 heteroatoms. The average molecular weight is 627 g/mol. The van der Waals surface area contributed by atoms with E-state index >= 15 is 0 Å². The first-order valence-electron chi connectivity index (χ1n) is 14.1. The van der Waals surface area contributed by atoms with Crippen LogP contribution in [0.5, 0.6) is 0 Å². The Morgan fingerprint density at radius 3 is 1.73 bits per heavy atom. The van der Waals surface area contributed by atoms with Crippen LogP contribution >= 0.6 is 23.2 Å². The van der Waals surface area contributed by atoms with Gasteiger partial charge in [-0.05, 0) is 33.9 Å². The number of nitro benzene ring substituents is 1. The van der Waals surface area contributed by atoms with Crippen LogP contribution in [0.15, 0.2) is 103 Å². The third kappa shape index (κ3) is 3.87. The molecular formula is C34H24Cl2N2O6. The van der Waals surface area contributed by atoms with Crippen LogP contribution in [0, 0.1) is 22.0 Å². The summed E-state index contributed by atoms with van der Waals surface area (Å²) >= 11 is 15.1. The van der Waals surface area contributed by atoms with Crippen molar-refractivity contribution >= 4 is 46.7 Å². The summed E-state index contributed by atoms with van der Waals surface area (Å²) in [6, 6.07) is 28.1. The number of alkyl halides is 2. The number of hydrogen-bond donors (Lipinski definition) is 0. The highest BCUT2D eigenvalue weighted by Gasteiger charge is 2.73. The Labute approximate surface area is 262 Å². The molecule has 3 aliphatic carbocycles. The maximum absolute atomic E-state index is 14.5. The third-order valence-corrected chi connectivity index (χ3v) is 10.3. The summed E-state index contributed by atoms with van der Waals surface area (Å²) in [5, 5.41) is 11.5. The van der Waals surface area contributed by atoms with E-state index in [1.165, 1.54) is 18.2 Å². The van der Waals surface area contributed by atoms with Crippen molar-refractivity contribution in [2.24, 2.45) is 11.8 Å². The fraction of sp³-hybridized carbons (Fsp3) is 0.206. The topological polar surface area (TPSA) is 107 Å². The van der Waals surface area contributed by atoms with Gasteiger partial charge in [-0.1, -0.05) is 91.0 Å². The second-order valence-corrected chi connectivity index (χ2v) is 12.4. The summed E-state index contributed by atoms with van der Waals surface area (Å²) in [7, 11) is 0. The monoisotopic (exact) mass is 626 g/mol. The number of rotatable bonds is 7. The van der Waals surface area contributed by atoms with Crippen LogP contribution in [0.25, 0.3) is 0 Å². The highest BCUT2D eigenvalue weighted by Crippen LogP contribution is 2.69. The fourth-order valence-corrected chi connectivity index (χ4v) is 8.27. The zero-order chi connectivity index (χ0) is 30.8. The highest BCUT2D eigenvalue weighted by atomic mass is 35.5. The number of likely N-dealkylation sites (tertiary alicyclic amines) is 1. The molecule has 8 rings (SSSR count). The summed E-state index contributed by atoms with van der Waals surface area (Å²) in [5.41, 5.74) is 3.26. The molecule has 2 amide bonds. The zero-order valence-electron chi connectivity index (χ0n) is 23.1. The molecule has 8 nitrogen and oxygen atoms in total. The van der Waals surface area contributed by atoms with E-state index in [2.05, 4.69) is 0 Å². The molecular weight excluding hydrogens is 603 g/mol. The molecule has 4 aromatic carbocycles. The Kier molecular flexibility index (Phi) is 6.60. The van der Waals surface area contributed by atoms with Crippen molar-refractivity contribution in [1.29, 1.82) is 0 Å². The van der Waals surface area contributed by atoms with Gasteiger partial charge in [-0.25, -0.2) is 4.79 Å². The number of carbonyl (C=O) groups is 3. The van der Waals surface area contributed by atoms with Gasteiger partial charge in [0.1, 0.15) is 22.4 Å². The van der Waals surface area contributed by atoms with E-state index in [9.17, 15) is 24.5 Å². The van der Waals surface area contributed by atoms with E-state index < -0.39 is 56.9 Å². The Morgan fingerprint density at radius 1 is 0.773 bits per heavy atom. The molecule has 0 aromatic heterocycles. The van der Waals surface area contributed by atoms with Crippen LogP contribution in [-0.2, 0) is 41.9 Å². The molecule has 4 aliphatic rings. The van der Waals surface area contributed by atoms with E-state index in [1.807, 2.05) is 54.6 Å². The van der Waals surface area contributed by atoms with Gasteiger partial charge < -0.3 is 4.74 Å². The lowest BCUT2D eigenvalue weighted by atomic mass is 9.54. The molecule has 0 radical (unpaired) electrons. The maximum atomic E-state index is 14.5. The molecule has 0 N–H and O–H groups in total. The summed E-state index contributed by atoms with van der Waals surface area (Å²) < 4.78 is 5.60. The second-order valence-electron chi connectivity index (χ2n) is 11.2. The number of nitrogens with zero attached hydrogens (tertiary/aromatic N) is 2. The normalized spacial score (nSPS) is 25.2. The Bertz CT molecular complexity index is 1740. The van der Waals surface area contributed by atoms with Crippen LogP contribution in [0.3, 0.4) is 0 Å². The van der Waals surface area contributed by atoms with Crippen LogP contribution in [0.2, 0.25) is 0 Å². The lowest BCUT2D eigenvalue weighted by molar-refractivity contribution is -0.385. The van der Waals surface area contributed by atoms with E-state index in [0.29, 0.717) is 27.8 Å². The number of benzene rings is 4. The van der Waals surface area contributed by atoms with Gasteiger partial charge in [-0.15, -0.1) is 23.2 Å². The van der Waals surface area contributed by atoms with Crippen molar-refractivity contribution in [3.05, 3.63) is 147 Å². The van der Waals surface area contributed by atoms with Gasteiger partial charge >= 0.3 is 5.97 Å². The van der Waals surface area contributed by atoms with Crippen molar-refractivity contribution in [3.8, 4) is 0 Å². The maximum Gasteiger partial charge on any atom is 0.330 e. The molecule has 0 saturated carbocycles. The smallest absolute Gasteiger partial charge is 0.330 e. The largest absolute Gasteiger partial charge is 0.459 e. The van der Waals surface area contributed by atoms with Crippen LogP contribution < -0.4 is 0 Å². The van der Waals surface area contributed by atoms with Gasteiger partial charge in [0.25, 0.3) is 5.69 Å².